The predicted octanol–water partition coefficient (Wildman–Crippen LogP) is 1.87. The van der Waals surface area contributed by atoms with Crippen LogP contribution in [0, 0.1) is 0 Å². The Morgan fingerprint density at radius 2 is 2.00 bits per heavy atom. The number of carbonyl (C=O) groups is 1. The van der Waals surface area contributed by atoms with Crippen molar-refractivity contribution < 1.29 is 9.53 Å². The van der Waals surface area contributed by atoms with Crippen LogP contribution in [0.15, 0.2) is 29.3 Å². The topological polar surface area (TPSA) is 92.0 Å². The van der Waals surface area contributed by atoms with Gasteiger partial charge in [-0.2, -0.15) is 0 Å². The fourth-order valence-electron chi connectivity index (χ4n) is 3.27. The number of nitrogens with zero attached hydrogens (tertiary/aromatic N) is 2. The van der Waals surface area contributed by atoms with E-state index in [4.69, 9.17) is 10.5 Å². The lowest BCUT2D eigenvalue weighted by molar-refractivity contribution is -0.119. The molecule has 4 N–H and O–H groups in total. The summed E-state index contributed by atoms with van der Waals surface area (Å²) in [6.45, 7) is 7.83. The van der Waals surface area contributed by atoms with Gasteiger partial charge in [0.25, 0.3) is 5.91 Å². The van der Waals surface area contributed by atoms with Crippen molar-refractivity contribution >= 4 is 11.9 Å². The molecule has 0 saturated carbocycles. The van der Waals surface area contributed by atoms with Crippen LogP contribution in [0.5, 0.6) is 5.75 Å². The number of rotatable bonds is 10. The van der Waals surface area contributed by atoms with Crippen molar-refractivity contribution in [3.05, 3.63) is 29.8 Å². The van der Waals surface area contributed by atoms with E-state index in [1.807, 2.05) is 24.3 Å². The number of guanidine groups is 1. The monoisotopic (exact) mass is 389 g/mol. The largest absolute Gasteiger partial charge is 0.484 e. The van der Waals surface area contributed by atoms with Crippen LogP contribution < -0.4 is 21.1 Å². The molecule has 1 aliphatic heterocycles. The highest BCUT2D eigenvalue weighted by Gasteiger charge is 2.08. The van der Waals surface area contributed by atoms with E-state index < -0.39 is 5.91 Å². The van der Waals surface area contributed by atoms with Gasteiger partial charge >= 0.3 is 0 Å². The summed E-state index contributed by atoms with van der Waals surface area (Å²) < 4.78 is 5.35. The molecular formula is C21H35N5O2. The zero-order valence-corrected chi connectivity index (χ0v) is 17.1. The van der Waals surface area contributed by atoms with Gasteiger partial charge in [-0.1, -0.05) is 25.0 Å². The minimum atomic E-state index is -0.484. The highest BCUT2D eigenvalue weighted by atomic mass is 16.5. The summed E-state index contributed by atoms with van der Waals surface area (Å²) in [5.74, 6) is 0.964. The van der Waals surface area contributed by atoms with Crippen LogP contribution in [0.2, 0.25) is 0 Å². The second kappa shape index (κ2) is 13.0. The normalized spacial score (nSPS) is 15.7. The van der Waals surface area contributed by atoms with Gasteiger partial charge in [-0.05, 0) is 63.5 Å². The zero-order chi connectivity index (χ0) is 20.0. The zero-order valence-electron chi connectivity index (χ0n) is 17.1. The third-order valence-electron chi connectivity index (χ3n) is 4.69. The first-order valence-corrected chi connectivity index (χ1v) is 10.4. The van der Waals surface area contributed by atoms with Crippen LogP contribution >= 0.6 is 0 Å². The van der Waals surface area contributed by atoms with Crippen molar-refractivity contribution in [2.24, 2.45) is 10.7 Å². The Hall–Kier alpha value is -2.28. The maximum absolute atomic E-state index is 10.8. The smallest absolute Gasteiger partial charge is 0.255 e. The van der Waals surface area contributed by atoms with Gasteiger partial charge in [-0.25, -0.2) is 4.99 Å². The molecule has 1 saturated heterocycles. The molecule has 0 spiro atoms. The van der Waals surface area contributed by atoms with E-state index in [-0.39, 0.29) is 6.61 Å². The van der Waals surface area contributed by atoms with Crippen LogP contribution in [-0.4, -0.2) is 56.1 Å². The number of ether oxygens (including phenoxy) is 1. The molecule has 1 fully saturated rings. The van der Waals surface area contributed by atoms with E-state index in [2.05, 4.69) is 27.4 Å². The molecule has 28 heavy (non-hydrogen) atoms. The van der Waals surface area contributed by atoms with Gasteiger partial charge in [0.05, 0.1) is 6.54 Å². The third kappa shape index (κ3) is 9.08. The quantitative estimate of drug-likeness (QED) is 0.323. The molecule has 1 aromatic rings. The molecular weight excluding hydrogens is 354 g/mol. The average Bonchev–Trinajstić information content (AvgIpc) is 2.97. The number of nitrogens with two attached hydrogens (primary N) is 1. The standard InChI is InChI=1S/C21H35N5O2/c1-2-23-21(24-11-8-14-26-12-5-3-4-6-13-26)25-16-18-9-7-10-19(15-18)28-17-20(22)27/h7,9-10,15H,2-6,8,11-14,16-17H2,1H3,(H2,22,27)(H2,23,24,25). The summed E-state index contributed by atoms with van der Waals surface area (Å²) in [5, 5.41) is 6.71. The molecule has 1 aliphatic rings. The van der Waals surface area contributed by atoms with E-state index in [1.54, 1.807) is 0 Å². The van der Waals surface area contributed by atoms with Gasteiger partial charge in [-0.3, -0.25) is 4.79 Å². The van der Waals surface area contributed by atoms with E-state index in [9.17, 15) is 4.79 Å². The summed E-state index contributed by atoms with van der Waals surface area (Å²) in [7, 11) is 0. The first kappa shape index (κ1) is 22.0. The maximum Gasteiger partial charge on any atom is 0.255 e. The second-order valence-electron chi connectivity index (χ2n) is 7.13. The fourth-order valence-corrected chi connectivity index (χ4v) is 3.27. The van der Waals surface area contributed by atoms with E-state index in [1.165, 1.54) is 38.8 Å². The average molecular weight is 390 g/mol. The number of nitrogens with one attached hydrogen (secondary N) is 2. The lowest BCUT2D eigenvalue weighted by Gasteiger charge is -2.20. The van der Waals surface area contributed by atoms with Crippen LogP contribution in [0.1, 0.15) is 44.6 Å². The Balaban J connectivity index is 1.77. The first-order chi connectivity index (χ1) is 13.7. The van der Waals surface area contributed by atoms with Gasteiger partial charge in [0.15, 0.2) is 12.6 Å². The molecule has 0 radical (unpaired) electrons. The Morgan fingerprint density at radius 1 is 1.21 bits per heavy atom. The van der Waals surface area contributed by atoms with Gasteiger partial charge < -0.3 is 26.0 Å². The number of benzene rings is 1. The van der Waals surface area contributed by atoms with Gasteiger partial charge in [0, 0.05) is 13.1 Å². The highest BCUT2D eigenvalue weighted by Crippen LogP contribution is 2.14. The summed E-state index contributed by atoms with van der Waals surface area (Å²) in [6.07, 6.45) is 6.53. The molecule has 0 aromatic heterocycles. The minimum Gasteiger partial charge on any atom is -0.484 e. The molecule has 1 amide bonds. The molecule has 1 heterocycles. The van der Waals surface area contributed by atoms with Crippen LogP contribution in [0.4, 0.5) is 0 Å². The third-order valence-corrected chi connectivity index (χ3v) is 4.69. The number of amides is 1. The molecule has 1 aromatic carbocycles. The number of hydrogen-bond acceptors (Lipinski definition) is 4. The number of hydrogen-bond donors (Lipinski definition) is 3. The Labute approximate surface area is 168 Å². The number of carbonyl (C=O) groups excluding carboxylic acids is 1. The van der Waals surface area contributed by atoms with Crippen molar-refractivity contribution in [1.82, 2.24) is 15.5 Å². The van der Waals surface area contributed by atoms with Gasteiger partial charge in [0.2, 0.25) is 0 Å². The van der Waals surface area contributed by atoms with Crippen molar-refractivity contribution in [3.63, 3.8) is 0 Å². The second-order valence-corrected chi connectivity index (χ2v) is 7.13. The highest BCUT2D eigenvalue weighted by molar-refractivity contribution is 5.79. The lowest BCUT2D eigenvalue weighted by Crippen LogP contribution is -2.39. The number of primary amides is 1. The summed E-state index contributed by atoms with van der Waals surface area (Å²) in [5.41, 5.74) is 6.14. The van der Waals surface area contributed by atoms with Gasteiger partial charge in [-0.15, -0.1) is 0 Å². The molecule has 0 aliphatic carbocycles. The van der Waals surface area contributed by atoms with Crippen LogP contribution in [0.3, 0.4) is 0 Å². The van der Waals surface area contributed by atoms with E-state index in [0.717, 1.165) is 37.6 Å². The van der Waals surface area contributed by atoms with Crippen LogP contribution in [0.25, 0.3) is 0 Å². The lowest BCUT2D eigenvalue weighted by atomic mass is 10.2. The number of aliphatic imine (C=N–C) groups is 1. The molecule has 7 heteroatoms. The molecule has 2 rings (SSSR count). The molecule has 0 atom stereocenters. The summed E-state index contributed by atoms with van der Waals surface area (Å²) in [4.78, 5) is 18.1. The SMILES string of the molecule is CCNC(=NCc1cccc(OCC(N)=O)c1)NCCCN1CCCCCC1. The maximum atomic E-state index is 10.8. The molecule has 0 unspecified atom stereocenters. The predicted molar refractivity (Wildman–Crippen MR) is 113 cm³/mol. The number of likely N-dealkylation sites (tertiary alicyclic amines) is 1. The van der Waals surface area contributed by atoms with Crippen LogP contribution in [-0.2, 0) is 11.3 Å². The van der Waals surface area contributed by atoms with Crippen molar-refractivity contribution in [2.45, 2.75) is 45.6 Å². The molecule has 7 nitrogen and oxygen atoms in total. The molecule has 156 valence electrons. The Kier molecular flexibility index (Phi) is 10.2. The van der Waals surface area contributed by atoms with E-state index >= 15 is 0 Å². The minimum absolute atomic E-state index is 0.117. The van der Waals surface area contributed by atoms with E-state index in [0.29, 0.717) is 12.3 Å². The summed E-state index contributed by atoms with van der Waals surface area (Å²) >= 11 is 0. The molecule has 0 bridgehead atoms. The first-order valence-electron chi connectivity index (χ1n) is 10.4. The Bertz CT molecular complexity index is 613. The van der Waals surface area contributed by atoms with Crippen molar-refractivity contribution in [2.75, 3.05) is 39.3 Å². The fraction of sp³-hybridized carbons (Fsp3) is 0.619. The Morgan fingerprint density at radius 3 is 2.71 bits per heavy atom. The summed E-state index contributed by atoms with van der Waals surface area (Å²) in [6, 6.07) is 7.57. The van der Waals surface area contributed by atoms with Gasteiger partial charge in [0.1, 0.15) is 5.75 Å². The van der Waals surface area contributed by atoms with Crippen molar-refractivity contribution in [3.8, 4) is 5.75 Å². The van der Waals surface area contributed by atoms with Crippen molar-refractivity contribution in [1.29, 1.82) is 0 Å².